The maximum Gasteiger partial charge on any atom is 0.341 e. The van der Waals surface area contributed by atoms with Gasteiger partial charge < -0.3 is 9.80 Å². The van der Waals surface area contributed by atoms with Crippen LogP contribution >= 0.6 is 0 Å². The summed E-state index contributed by atoms with van der Waals surface area (Å²) in [5.74, 6) is -0.632. The molecule has 37 heavy (non-hydrogen) atoms. The first kappa shape index (κ1) is 23.8. The van der Waals surface area contributed by atoms with Crippen LogP contribution in [0.15, 0.2) is 35.7 Å². The fourth-order valence-corrected chi connectivity index (χ4v) is 4.44. The summed E-state index contributed by atoms with van der Waals surface area (Å²) in [5.41, 5.74) is 0.826. The molecule has 0 saturated carbocycles. The van der Waals surface area contributed by atoms with E-state index in [1.54, 1.807) is 24.1 Å². The average Bonchev–Trinajstić information content (AvgIpc) is 3.55. The molecule has 3 aromatic rings. The highest BCUT2D eigenvalue weighted by Crippen LogP contribution is 2.31. The lowest BCUT2D eigenvalue weighted by Gasteiger charge is -2.37. The molecule has 1 aromatic carbocycles. The summed E-state index contributed by atoms with van der Waals surface area (Å²) < 4.78 is 29.9. The maximum absolute atomic E-state index is 14.6. The summed E-state index contributed by atoms with van der Waals surface area (Å²) in [6.07, 6.45) is 4.40. The van der Waals surface area contributed by atoms with Crippen LogP contribution in [-0.4, -0.2) is 67.9 Å². The van der Waals surface area contributed by atoms with Gasteiger partial charge in [0.05, 0.1) is 30.1 Å². The number of piperazine rings is 1. The van der Waals surface area contributed by atoms with Crippen LogP contribution in [0, 0.1) is 41.2 Å². The lowest BCUT2D eigenvalue weighted by atomic mass is 10.0. The number of hydrogen-bond donors (Lipinski definition) is 0. The number of urea groups is 1. The van der Waals surface area contributed by atoms with Crippen molar-refractivity contribution in [2.45, 2.75) is 19.4 Å². The van der Waals surface area contributed by atoms with Gasteiger partial charge in [-0.2, -0.15) is 20.6 Å². The third-order valence-corrected chi connectivity index (χ3v) is 6.27. The quantitative estimate of drug-likeness (QED) is 0.538. The number of carbonyl (C=O) groups excluding carboxylic acids is 1. The van der Waals surface area contributed by atoms with E-state index in [1.165, 1.54) is 21.8 Å². The zero-order chi connectivity index (χ0) is 26.1. The van der Waals surface area contributed by atoms with Crippen molar-refractivity contribution in [3.8, 4) is 18.0 Å². The Morgan fingerprint density at radius 2 is 1.84 bits per heavy atom. The van der Waals surface area contributed by atoms with Gasteiger partial charge in [0.1, 0.15) is 23.4 Å². The molecule has 186 valence electrons. The summed E-state index contributed by atoms with van der Waals surface area (Å²) in [6, 6.07) is 7.06. The number of benzene rings is 1. The van der Waals surface area contributed by atoms with E-state index in [1.807, 2.05) is 17.0 Å². The van der Waals surface area contributed by atoms with Gasteiger partial charge in [0.25, 0.3) is 0 Å². The van der Waals surface area contributed by atoms with E-state index in [0.717, 1.165) is 12.3 Å². The molecule has 0 bridgehead atoms. The van der Waals surface area contributed by atoms with Crippen LogP contribution in [0.4, 0.5) is 19.5 Å². The molecule has 0 aliphatic carbocycles. The van der Waals surface area contributed by atoms with Crippen molar-refractivity contribution in [3.63, 3.8) is 0 Å². The van der Waals surface area contributed by atoms with Crippen molar-refractivity contribution < 1.29 is 13.6 Å². The van der Waals surface area contributed by atoms with E-state index in [2.05, 4.69) is 20.1 Å². The molecule has 2 aromatic heterocycles. The highest BCUT2D eigenvalue weighted by molar-refractivity contribution is 5.78. The number of aromatic nitrogens is 4. The minimum absolute atomic E-state index is 0.0730. The number of hydrogen-bond acceptors (Lipinski definition) is 8. The molecule has 11 nitrogen and oxygen atoms in total. The van der Waals surface area contributed by atoms with Crippen LogP contribution in [0.5, 0.6) is 0 Å². The first-order chi connectivity index (χ1) is 17.9. The predicted octanol–water partition coefficient (Wildman–Crippen LogP) is 2.67. The Morgan fingerprint density at radius 1 is 1.05 bits per heavy atom. The summed E-state index contributed by atoms with van der Waals surface area (Å²) >= 11 is 0. The molecule has 1 fully saturated rings. The van der Waals surface area contributed by atoms with Crippen molar-refractivity contribution in [2.24, 2.45) is 5.10 Å². The largest absolute Gasteiger partial charge is 0.341 e. The van der Waals surface area contributed by atoms with Gasteiger partial charge in [-0.15, -0.1) is 0 Å². The Balaban J connectivity index is 1.30. The topological polar surface area (TPSA) is 130 Å². The summed E-state index contributed by atoms with van der Waals surface area (Å²) in [5, 5.41) is 24.0. The minimum Gasteiger partial charge on any atom is -0.337 e. The van der Waals surface area contributed by atoms with E-state index in [9.17, 15) is 18.8 Å². The van der Waals surface area contributed by atoms with Gasteiger partial charge in [0.15, 0.2) is 11.6 Å². The van der Waals surface area contributed by atoms with Crippen LogP contribution in [0.1, 0.15) is 35.1 Å². The monoisotopic (exact) mass is 502 g/mol. The number of anilines is 1. The van der Waals surface area contributed by atoms with E-state index in [0.29, 0.717) is 44.0 Å². The van der Waals surface area contributed by atoms with Crippen LogP contribution in [-0.2, 0) is 0 Å². The van der Waals surface area contributed by atoms with Crippen LogP contribution < -0.4 is 4.90 Å². The Labute approximate surface area is 210 Å². The lowest BCUT2D eigenvalue weighted by molar-refractivity contribution is 0.139. The molecule has 0 unspecified atom stereocenters. The van der Waals surface area contributed by atoms with Crippen molar-refractivity contribution in [1.29, 1.82) is 10.5 Å². The first-order valence-electron chi connectivity index (χ1n) is 11.4. The number of nitriles is 2. The Morgan fingerprint density at radius 3 is 2.57 bits per heavy atom. The third-order valence-electron chi connectivity index (χ3n) is 6.27. The van der Waals surface area contributed by atoms with Gasteiger partial charge in [0.2, 0.25) is 5.95 Å². The number of hydrazone groups is 1. The Hall–Kier alpha value is -4.91. The fraction of sp³-hybridized carbons (Fsp3) is 0.292. The van der Waals surface area contributed by atoms with E-state index in [-0.39, 0.29) is 29.1 Å². The molecule has 5 rings (SSSR count). The molecule has 0 N–H and O–H groups in total. The van der Waals surface area contributed by atoms with Gasteiger partial charge in [-0.3, -0.25) is 4.57 Å². The van der Waals surface area contributed by atoms with Gasteiger partial charge in [-0.25, -0.2) is 28.6 Å². The average molecular weight is 502 g/mol. The van der Waals surface area contributed by atoms with Crippen molar-refractivity contribution >= 4 is 18.2 Å². The second kappa shape index (κ2) is 9.62. The van der Waals surface area contributed by atoms with Gasteiger partial charge in [-0.1, -0.05) is 0 Å². The number of halogens is 2. The SMILES string of the molecule is Cc1ncc(C#N)n1-c1nc(N2CCN(C(=O)N3N=CC[C@H]3c3cc(F)cc(C#N)c3)CC2)ncc1F. The standard InChI is InChI=1S/C24H20F2N10O/c1-15-29-13-19(12-28)35(15)22-20(26)14-30-23(32-22)33-4-6-34(7-5-33)24(37)36-21(2-3-31-36)17-8-16(11-27)9-18(25)10-17/h3,8-10,13-14,21H,2,4-7H2,1H3/t21-/m0/s1. The number of amides is 2. The number of imidazole rings is 1. The smallest absolute Gasteiger partial charge is 0.337 e. The molecular weight excluding hydrogens is 482 g/mol. The second-order valence-corrected chi connectivity index (χ2v) is 8.52. The Bertz CT molecular complexity index is 1480. The summed E-state index contributed by atoms with van der Waals surface area (Å²) in [4.78, 5) is 29.2. The Kier molecular flexibility index (Phi) is 6.19. The molecule has 2 aliphatic rings. The molecule has 1 atom stereocenters. The first-order valence-corrected chi connectivity index (χ1v) is 11.4. The van der Waals surface area contributed by atoms with E-state index >= 15 is 0 Å². The molecule has 0 radical (unpaired) electrons. The van der Waals surface area contributed by atoms with Crippen LogP contribution in [0.3, 0.4) is 0 Å². The van der Waals surface area contributed by atoms with Crippen molar-refractivity contribution in [2.75, 3.05) is 31.1 Å². The molecule has 13 heteroatoms. The van der Waals surface area contributed by atoms with Gasteiger partial charge in [0, 0.05) is 38.8 Å². The predicted molar refractivity (Wildman–Crippen MR) is 127 cm³/mol. The van der Waals surface area contributed by atoms with E-state index < -0.39 is 17.7 Å². The van der Waals surface area contributed by atoms with Gasteiger partial charge in [-0.05, 0) is 30.7 Å². The third kappa shape index (κ3) is 4.43. The number of rotatable bonds is 3. The summed E-state index contributed by atoms with van der Waals surface area (Å²) in [6.45, 7) is 3.06. The molecule has 4 heterocycles. The molecule has 2 amide bonds. The maximum atomic E-state index is 14.6. The van der Waals surface area contributed by atoms with Gasteiger partial charge >= 0.3 is 6.03 Å². The van der Waals surface area contributed by atoms with Crippen molar-refractivity contribution in [1.82, 2.24) is 29.4 Å². The highest BCUT2D eigenvalue weighted by Gasteiger charge is 2.34. The number of carbonyl (C=O) groups is 1. The molecule has 0 spiro atoms. The van der Waals surface area contributed by atoms with Crippen LogP contribution in [0.2, 0.25) is 0 Å². The molecular formula is C24H20F2N10O. The second-order valence-electron chi connectivity index (χ2n) is 8.52. The van der Waals surface area contributed by atoms with Crippen molar-refractivity contribution in [3.05, 3.63) is 64.9 Å². The summed E-state index contributed by atoms with van der Waals surface area (Å²) in [7, 11) is 0. The number of nitrogens with zero attached hydrogens (tertiary/aromatic N) is 10. The zero-order valence-corrected chi connectivity index (χ0v) is 19.7. The lowest BCUT2D eigenvalue weighted by Crippen LogP contribution is -2.52. The minimum atomic E-state index is -0.690. The molecule has 2 aliphatic heterocycles. The normalized spacial score (nSPS) is 17.1. The zero-order valence-electron chi connectivity index (χ0n) is 19.7. The molecule has 1 saturated heterocycles. The highest BCUT2D eigenvalue weighted by atomic mass is 19.1. The van der Waals surface area contributed by atoms with E-state index in [4.69, 9.17) is 5.26 Å². The van der Waals surface area contributed by atoms with Crippen LogP contribution in [0.25, 0.3) is 5.82 Å². The fourth-order valence-electron chi connectivity index (χ4n) is 4.44. The number of aryl methyl sites for hydroxylation is 1.